The van der Waals surface area contributed by atoms with Crippen LogP contribution in [0.5, 0.6) is 0 Å². The van der Waals surface area contributed by atoms with Crippen molar-refractivity contribution in [1.82, 2.24) is 4.90 Å². The average Bonchev–Trinajstić information content (AvgIpc) is 3.34. The highest BCUT2D eigenvalue weighted by Crippen LogP contribution is 2.48. The maximum Gasteiger partial charge on any atom is 0.411 e. The highest BCUT2D eigenvalue weighted by molar-refractivity contribution is 5.75. The highest BCUT2D eigenvalue weighted by atomic mass is 16.6. The van der Waals surface area contributed by atoms with Crippen molar-refractivity contribution in [2.24, 2.45) is 0 Å². The van der Waals surface area contributed by atoms with E-state index in [4.69, 9.17) is 4.74 Å². The van der Waals surface area contributed by atoms with E-state index < -0.39 is 5.60 Å². The van der Waals surface area contributed by atoms with Crippen LogP contribution in [0.15, 0.2) is 30.3 Å². The Morgan fingerprint density at radius 2 is 2.08 bits per heavy atom. The Morgan fingerprint density at radius 3 is 2.69 bits per heavy atom. The van der Waals surface area contributed by atoms with Crippen LogP contribution in [0.1, 0.15) is 64.0 Å². The lowest BCUT2D eigenvalue weighted by atomic mass is 9.90. The van der Waals surface area contributed by atoms with Gasteiger partial charge in [-0.3, -0.25) is 4.90 Å². The van der Waals surface area contributed by atoms with Gasteiger partial charge in [-0.15, -0.1) is 0 Å². The Hall–Kier alpha value is -2.28. The number of fused-ring (bicyclic) bond motifs is 2. The van der Waals surface area contributed by atoms with Crippen LogP contribution in [0.4, 0.5) is 4.79 Å². The van der Waals surface area contributed by atoms with Crippen molar-refractivity contribution < 1.29 is 9.53 Å². The molecule has 1 saturated carbocycles. The maximum absolute atomic E-state index is 12.6. The minimum Gasteiger partial charge on any atom is -0.444 e. The number of carbonyl (C=O) groups excluding carboxylic acids is 1. The van der Waals surface area contributed by atoms with Crippen molar-refractivity contribution in [1.29, 1.82) is 5.26 Å². The standard InChI is InChI=1S/C22H26N2O2/c1-21(2,3)26-20(25)24-18-7-8-19(24)13-16(12-18)15-5-4-6-17(11-15)22(14-23)9-10-22/h4-6,11-12,18-19H,7-10,13H2,1-3H3. The summed E-state index contributed by atoms with van der Waals surface area (Å²) in [4.78, 5) is 14.5. The molecule has 4 nitrogen and oxygen atoms in total. The summed E-state index contributed by atoms with van der Waals surface area (Å²) >= 11 is 0. The van der Waals surface area contributed by atoms with Crippen molar-refractivity contribution in [2.45, 2.75) is 76.0 Å². The van der Waals surface area contributed by atoms with E-state index in [1.54, 1.807) is 0 Å². The quantitative estimate of drug-likeness (QED) is 0.770. The molecule has 3 aliphatic rings. The number of hydrogen-bond donors (Lipinski definition) is 0. The van der Waals surface area contributed by atoms with Gasteiger partial charge in [0.15, 0.2) is 0 Å². The summed E-state index contributed by atoms with van der Waals surface area (Å²) in [5.41, 5.74) is 2.91. The predicted molar refractivity (Wildman–Crippen MR) is 100 cm³/mol. The second-order valence-electron chi connectivity index (χ2n) is 8.86. The third-order valence-corrected chi connectivity index (χ3v) is 5.75. The summed E-state index contributed by atoms with van der Waals surface area (Å²) in [5.74, 6) is 0. The van der Waals surface area contributed by atoms with Crippen LogP contribution in [-0.2, 0) is 10.2 Å². The lowest BCUT2D eigenvalue weighted by Gasteiger charge is -2.35. The maximum atomic E-state index is 12.6. The van der Waals surface area contributed by atoms with Gasteiger partial charge >= 0.3 is 6.09 Å². The van der Waals surface area contributed by atoms with Gasteiger partial charge in [-0.2, -0.15) is 5.26 Å². The number of carbonyl (C=O) groups is 1. The van der Waals surface area contributed by atoms with Gasteiger partial charge in [0.25, 0.3) is 0 Å². The first-order valence-electron chi connectivity index (χ1n) is 9.55. The predicted octanol–water partition coefficient (Wildman–Crippen LogP) is 4.80. The van der Waals surface area contributed by atoms with E-state index in [0.29, 0.717) is 0 Å². The van der Waals surface area contributed by atoms with Gasteiger partial charge in [0.2, 0.25) is 0 Å². The molecule has 1 amide bonds. The summed E-state index contributed by atoms with van der Waals surface area (Å²) in [6.07, 6.45) is 6.83. The third-order valence-electron chi connectivity index (χ3n) is 5.75. The number of hydrogen-bond acceptors (Lipinski definition) is 3. The first kappa shape index (κ1) is 17.1. The first-order valence-corrected chi connectivity index (χ1v) is 9.55. The monoisotopic (exact) mass is 350 g/mol. The molecule has 136 valence electrons. The van der Waals surface area contributed by atoms with E-state index in [-0.39, 0.29) is 23.6 Å². The summed E-state index contributed by atoms with van der Waals surface area (Å²) in [5, 5.41) is 9.47. The molecule has 1 saturated heterocycles. The Kier molecular flexibility index (Phi) is 3.87. The van der Waals surface area contributed by atoms with Crippen LogP contribution < -0.4 is 0 Å². The number of nitriles is 1. The average molecular weight is 350 g/mol. The van der Waals surface area contributed by atoms with Crippen molar-refractivity contribution in [3.8, 4) is 6.07 Å². The van der Waals surface area contributed by atoms with Crippen molar-refractivity contribution in [3.05, 3.63) is 41.5 Å². The second-order valence-corrected chi connectivity index (χ2v) is 8.86. The Balaban J connectivity index is 1.58. The topological polar surface area (TPSA) is 53.3 Å². The van der Waals surface area contributed by atoms with Gasteiger partial charge in [-0.25, -0.2) is 4.79 Å². The fourth-order valence-corrected chi connectivity index (χ4v) is 4.25. The van der Waals surface area contributed by atoms with Gasteiger partial charge in [0.1, 0.15) is 5.60 Å². The molecule has 2 bridgehead atoms. The minimum absolute atomic E-state index is 0.119. The van der Waals surface area contributed by atoms with Crippen LogP contribution in [0.2, 0.25) is 0 Å². The van der Waals surface area contributed by atoms with Gasteiger partial charge in [0.05, 0.1) is 17.5 Å². The molecule has 0 radical (unpaired) electrons. The number of rotatable bonds is 2. The molecular weight excluding hydrogens is 324 g/mol. The summed E-state index contributed by atoms with van der Waals surface area (Å²) in [6, 6.07) is 11.3. The zero-order valence-corrected chi connectivity index (χ0v) is 15.8. The summed E-state index contributed by atoms with van der Waals surface area (Å²) < 4.78 is 5.61. The first-order chi connectivity index (χ1) is 12.3. The van der Waals surface area contributed by atoms with Crippen LogP contribution in [0.3, 0.4) is 0 Å². The highest BCUT2D eigenvalue weighted by Gasteiger charge is 2.45. The second kappa shape index (κ2) is 5.87. The Labute approximate surface area is 155 Å². The fourth-order valence-electron chi connectivity index (χ4n) is 4.25. The zero-order chi connectivity index (χ0) is 18.5. The van der Waals surface area contributed by atoms with E-state index in [1.165, 1.54) is 11.1 Å². The van der Waals surface area contributed by atoms with Crippen LogP contribution in [0.25, 0.3) is 5.57 Å². The number of ether oxygens (including phenoxy) is 1. The number of amides is 1. The van der Waals surface area contributed by atoms with Crippen molar-refractivity contribution in [2.75, 3.05) is 0 Å². The van der Waals surface area contributed by atoms with Crippen LogP contribution in [0, 0.1) is 11.3 Å². The van der Waals surface area contributed by atoms with Gasteiger partial charge < -0.3 is 4.74 Å². The minimum atomic E-state index is -0.468. The van der Waals surface area contributed by atoms with Crippen LogP contribution >= 0.6 is 0 Å². The molecule has 0 aromatic heterocycles. The zero-order valence-electron chi connectivity index (χ0n) is 15.8. The number of benzene rings is 1. The lowest BCUT2D eigenvalue weighted by molar-refractivity contribution is 0.0175. The Morgan fingerprint density at radius 1 is 1.31 bits per heavy atom. The third kappa shape index (κ3) is 3.00. The van der Waals surface area contributed by atoms with E-state index in [9.17, 15) is 10.1 Å². The molecule has 2 aliphatic heterocycles. The van der Waals surface area contributed by atoms with Gasteiger partial charge in [-0.05, 0) is 75.6 Å². The lowest BCUT2D eigenvalue weighted by Crippen LogP contribution is -2.45. The number of nitrogens with zero attached hydrogens (tertiary/aromatic N) is 2. The molecule has 4 rings (SSSR count). The van der Waals surface area contributed by atoms with E-state index in [2.05, 4.69) is 36.4 Å². The van der Waals surface area contributed by atoms with E-state index in [0.717, 1.165) is 37.7 Å². The summed E-state index contributed by atoms with van der Waals surface area (Å²) in [6.45, 7) is 5.73. The van der Waals surface area contributed by atoms with Crippen molar-refractivity contribution in [3.63, 3.8) is 0 Å². The molecule has 0 N–H and O–H groups in total. The fraction of sp³-hybridized carbons (Fsp3) is 0.545. The smallest absolute Gasteiger partial charge is 0.411 e. The van der Waals surface area contributed by atoms with Crippen molar-refractivity contribution >= 4 is 11.7 Å². The Bertz CT molecular complexity index is 808. The molecule has 0 spiro atoms. The SMILES string of the molecule is CC(C)(C)OC(=O)N1C2C=C(c3cccc(C4(C#N)CC4)c3)CC1CC2. The van der Waals surface area contributed by atoms with E-state index in [1.807, 2.05) is 25.7 Å². The molecule has 1 aromatic rings. The molecule has 4 heteroatoms. The molecule has 26 heavy (non-hydrogen) atoms. The molecule has 2 atom stereocenters. The van der Waals surface area contributed by atoms with E-state index >= 15 is 0 Å². The molecule has 2 unspecified atom stereocenters. The molecule has 2 heterocycles. The normalized spacial score (nSPS) is 26.1. The molecule has 1 aromatic carbocycles. The summed E-state index contributed by atoms with van der Waals surface area (Å²) in [7, 11) is 0. The van der Waals surface area contributed by atoms with Crippen LogP contribution in [-0.4, -0.2) is 28.7 Å². The largest absolute Gasteiger partial charge is 0.444 e. The molecule has 1 aliphatic carbocycles. The molecule has 2 fully saturated rings. The van der Waals surface area contributed by atoms with Gasteiger partial charge in [-0.1, -0.05) is 24.3 Å². The van der Waals surface area contributed by atoms with Gasteiger partial charge in [0, 0.05) is 6.04 Å². The molecular formula is C22H26N2O2.